The molecule has 0 aliphatic rings. The Kier molecular flexibility index (Phi) is 12.8. The third-order valence-electron chi connectivity index (χ3n) is 1.88. The third kappa shape index (κ3) is 8.57. The molecule has 0 nitrogen and oxygen atoms in total. The third-order valence-corrected chi connectivity index (χ3v) is 8.96. The second-order valence-corrected chi connectivity index (χ2v) is 8.83. The lowest BCUT2D eigenvalue weighted by molar-refractivity contribution is 0.697. The van der Waals surface area contributed by atoms with Gasteiger partial charge in [-0.3, -0.25) is 0 Å². The summed E-state index contributed by atoms with van der Waals surface area (Å²) in [5.74, 6) is 1.54. The van der Waals surface area contributed by atoms with Crippen molar-refractivity contribution in [2.24, 2.45) is 0 Å². The Labute approximate surface area is 143 Å². The number of rotatable bonds is 8. The molecule has 0 amide bonds. The van der Waals surface area contributed by atoms with Crippen LogP contribution in [-0.2, 0) is 0 Å². The van der Waals surface area contributed by atoms with Crippen LogP contribution in [0.15, 0.2) is 0 Å². The van der Waals surface area contributed by atoms with E-state index in [4.69, 9.17) is 0 Å². The van der Waals surface area contributed by atoms with E-state index in [1.807, 2.05) is 0 Å². The van der Waals surface area contributed by atoms with E-state index < -0.39 is 0 Å². The van der Waals surface area contributed by atoms with Gasteiger partial charge in [-0.05, 0) is 18.8 Å². The van der Waals surface area contributed by atoms with Gasteiger partial charge in [-0.25, -0.2) is 0 Å². The van der Waals surface area contributed by atoms with Crippen LogP contribution in [0.5, 0.6) is 0 Å². The predicted molar refractivity (Wildman–Crippen MR) is 92.0 cm³/mol. The topological polar surface area (TPSA) is 0 Å². The molecule has 0 aromatic rings. The van der Waals surface area contributed by atoms with Gasteiger partial charge in [0.15, 0.2) is 0 Å². The van der Waals surface area contributed by atoms with Crippen molar-refractivity contribution in [2.75, 3.05) is 16.0 Å². The molecule has 0 aliphatic carbocycles. The highest BCUT2D eigenvalue weighted by Gasteiger charge is 2.23. The molecule has 0 rings (SSSR count). The predicted octanol–water partition coefficient (Wildman–Crippen LogP) is 5.82. The maximum Gasteiger partial charge on any atom is 0.0305 e. The second kappa shape index (κ2) is 10.8. The molecule has 1 radical (unpaired) electrons. The van der Waals surface area contributed by atoms with Crippen LogP contribution in [0, 0.1) is 5.92 Å². The number of halogens is 6. The molecule has 0 aromatic heterocycles. The van der Waals surface area contributed by atoms with Gasteiger partial charge in [0.2, 0.25) is 0 Å². The Morgan fingerprint density at radius 3 is 1.40 bits per heavy atom. The monoisotopic (exact) mass is 595 g/mol. The Bertz CT molecular complexity index is 142. The summed E-state index contributed by atoms with van der Waals surface area (Å²) in [4.78, 5) is 1.49. The molecule has 6 heteroatoms. The average Bonchev–Trinajstić information content (AvgIpc) is 2.26. The quantitative estimate of drug-likeness (QED) is 0.309. The molecule has 3 unspecified atom stereocenters. The molecule has 3 atom stereocenters. The average molecular weight is 601 g/mol. The van der Waals surface area contributed by atoms with E-state index in [2.05, 4.69) is 95.6 Å². The van der Waals surface area contributed by atoms with Gasteiger partial charge in [-0.2, -0.15) is 0 Å². The number of alkyl halides is 6. The lowest BCUT2D eigenvalue weighted by Gasteiger charge is -2.24. The molecule has 0 spiro atoms. The summed E-state index contributed by atoms with van der Waals surface area (Å²) in [6.45, 7) is 0. The van der Waals surface area contributed by atoms with E-state index in [-0.39, 0.29) is 0 Å². The molecule has 0 N–H and O–H groups in total. The summed E-state index contributed by atoms with van der Waals surface area (Å²) in [6, 6.07) is 0. The highest BCUT2D eigenvalue weighted by atomic mass is 79.9. The summed E-state index contributed by atoms with van der Waals surface area (Å²) >= 11 is 21.5. The smallest absolute Gasteiger partial charge is 0.0305 e. The minimum atomic E-state index is 0.454. The molecule has 0 bridgehead atoms. The van der Waals surface area contributed by atoms with E-state index in [0.29, 0.717) is 14.5 Å². The van der Waals surface area contributed by atoms with Gasteiger partial charge in [0.1, 0.15) is 0 Å². The van der Waals surface area contributed by atoms with Crippen molar-refractivity contribution in [1.82, 2.24) is 0 Å². The minimum absolute atomic E-state index is 0.454. The van der Waals surface area contributed by atoms with Gasteiger partial charge >= 0.3 is 0 Å². The zero-order valence-electron chi connectivity index (χ0n) is 8.04. The van der Waals surface area contributed by atoms with E-state index in [1.165, 1.54) is 5.92 Å². The van der Waals surface area contributed by atoms with Gasteiger partial charge in [0.05, 0.1) is 0 Å². The first kappa shape index (κ1) is 17.9. The zero-order valence-corrected chi connectivity index (χ0v) is 17.6. The van der Waals surface area contributed by atoms with Crippen molar-refractivity contribution >= 4 is 95.6 Å². The number of hydrogen-bond acceptors (Lipinski definition) is 0. The lowest BCUT2D eigenvalue weighted by atomic mass is 9.95. The summed E-state index contributed by atoms with van der Waals surface area (Å²) in [5, 5.41) is 2.94. The van der Waals surface area contributed by atoms with Crippen LogP contribution >= 0.6 is 95.6 Å². The van der Waals surface area contributed by atoms with Crippen LogP contribution in [0.1, 0.15) is 12.8 Å². The minimum Gasteiger partial charge on any atom is -0.0916 e. The molecule has 15 heavy (non-hydrogen) atoms. The van der Waals surface area contributed by atoms with Crippen molar-refractivity contribution in [3.05, 3.63) is 5.92 Å². The first-order valence-electron chi connectivity index (χ1n) is 4.49. The molecular weight excluding hydrogens is 588 g/mol. The van der Waals surface area contributed by atoms with Gasteiger partial charge in [0.25, 0.3) is 0 Å². The van der Waals surface area contributed by atoms with Gasteiger partial charge in [-0.15, -0.1) is 0 Å². The summed E-state index contributed by atoms with van der Waals surface area (Å²) in [6.07, 6.45) is 2.20. The van der Waals surface area contributed by atoms with E-state index in [0.717, 1.165) is 28.8 Å². The lowest BCUT2D eigenvalue weighted by Crippen LogP contribution is -2.22. The van der Waals surface area contributed by atoms with E-state index >= 15 is 0 Å². The van der Waals surface area contributed by atoms with Crippen molar-refractivity contribution in [2.45, 2.75) is 27.3 Å². The largest absolute Gasteiger partial charge is 0.0916 e. The fraction of sp³-hybridized carbons (Fsp3) is 0.889. The molecule has 0 heterocycles. The molecule has 0 aliphatic heterocycles. The highest BCUT2D eigenvalue weighted by molar-refractivity contribution is 9.12. The summed E-state index contributed by atoms with van der Waals surface area (Å²) < 4.78 is 0. The first-order chi connectivity index (χ1) is 7.04. The normalized spacial score (nSPS) is 17.8. The standard InChI is InChI=1S/C9H13Br6/c10-3-7(13)1-6(9(15)5-12)2-8(14)4-11/h7-9H,1-5H2. The Hall–Kier alpha value is 2.88. The molecule has 0 fully saturated rings. The van der Waals surface area contributed by atoms with Crippen LogP contribution in [0.2, 0.25) is 0 Å². The van der Waals surface area contributed by atoms with Crippen LogP contribution in [-0.4, -0.2) is 30.5 Å². The second-order valence-electron chi connectivity index (χ2n) is 3.19. The first-order valence-corrected chi connectivity index (χ1v) is 10.6. The number of hydrogen-bond donors (Lipinski definition) is 0. The van der Waals surface area contributed by atoms with Crippen LogP contribution in [0.4, 0.5) is 0 Å². The summed E-state index contributed by atoms with van der Waals surface area (Å²) in [5.41, 5.74) is 0. The molecule has 0 aromatic carbocycles. The summed E-state index contributed by atoms with van der Waals surface area (Å²) in [7, 11) is 0. The molecule has 0 saturated carbocycles. The highest BCUT2D eigenvalue weighted by Crippen LogP contribution is 2.32. The maximum absolute atomic E-state index is 3.70. The van der Waals surface area contributed by atoms with Gasteiger partial charge < -0.3 is 0 Å². The van der Waals surface area contributed by atoms with E-state index in [9.17, 15) is 0 Å². The van der Waals surface area contributed by atoms with Crippen LogP contribution < -0.4 is 0 Å². The Balaban J connectivity index is 4.17. The van der Waals surface area contributed by atoms with Crippen molar-refractivity contribution in [3.63, 3.8) is 0 Å². The maximum atomic E-state index is 3.70. The van der Waals surface area contributed by atoms with Gasteiger partial charge in [-0.1, -0.05) is 95.6 Å². The Morgan fingerprint density at radius 2 is 1.13 bits per heavy atom. The zero-order chi connectivity index (χ0) is 11.8. The van der Waals surface area contributed by atoms with E-state index in [1.54, 1.807) is 0 Å². The Morgan fingerprint density at radius 1 is 0.733 bits per heavy atom. The van der Waals surface area contributed by atoms with Crippen LogP contribution in [0.25, 0.3) is 0 Å². The molecule has 91 valence electrons. The van der Waals surface area contributed by atoms with Crippen molar-refractivity contribution in [3.8, 4) is 0 Å². The molecule has 0 saturated heterocycles. The fourth-order valence-electron chi connectivity index (χ4n) is 1.13. The van der Waals surface area contributed by atoms with Crippen LogP contribution in [0.3, 0.4) is 0 Å². The van der Waals surface area contributed by atoms with Crippen molar-refractivity contribution < 1.29 is 0 Å². The van der Waals surface area contributed by atoms with Crippen molar-refractivity contribution in [1.29, 1.82) is 0 Å². The van der Waals surface area contributed by atoms with Gasteiger partial charge in [0, 0.05) is 30.5 Å². The SMILES string of the molecule is BrCC(Br)C[C](CC(Br)CBr)C(Br)CBr. The fourth-order valence-corrected chi connectivity index (χ4v) is 3.25. The molecular formula is C9H13Br6.